The summed E-state index contributed by atoms with van der Waals surface area (Å²) in [6, 6.07) is 16.5. The minimum absolute atomic E-state index is 0.00441. The average molecular weight is 376 g/mol. The number of ether oxygens (including phenoxy) is 1. The van der Waals surface area contributed by atoms with Gasteiger partial charge in [-0.25, -0.2) is 4.79 Å². The van der Waals surface area contributed by atoms with Crippen LogP contribution < -0.4 is 15.0 Å². The van der Waals surface area contributed by atoms with Crippen molar-refractivity contribution in [3.8, 4) is 5.75 Å². The molecule has 4 rings (SSSR count). The van der Waals surface area contributed by atoms with E-state index in [4.69, 9.17) is 4.74 Å². The second-order valence-corrected chi connectivity index (χ2v) is 6.49. The fourth-order valence-corrected chi connectivity index (χ4v) is 3.33. The second kappa shape index (κ2) is 7.56. The maximum Gasteiger partial charge on any atom is 0.325 e. The molecule has 0 spiro atoms. The molecule has 0 bridgehead atoms. The van der Waals surface area contributed by atoms with Crippen LogP contribution in [0.5, 0.6) is 5.75 Å². The molecule has 0 atom stereocenters. The van der Waals surface area contributed by atoms with Crippen LogP contribution in [-0.2, 0) is 4.79 Å². The Morgan fingerprint density at radius 3 is 2.86 bits per heavy atom. The van der Waals surface area contributed by atoms with E-state index in [0.29, 0.717) is 30.2 Å². The van der Waals surface area contributed by atoms with Gasteiger partial charge in [-0.3, -0.25) is 14.7 Å². The molecule has 1 aliphatic heterocycles. The highest BCUT2D eigenvalue weighted by atomic mass is 16.5. The van der Waals surface area contributed by atoms with E-state index in [1.807, 2.05) is 48.5 Å². The topological polar surface area (TPSA) is 74.8 Å². The molecule has 3 aromatic rings. The summed E-state index contributed by atoms with van der Waals surface area (Å²) in [6.07, 6.45) is 1.73. The van der Waals surface area contributed by atoms with Crippen molar-refractivity contribution in [2.45, 2.75) is 0 Å². The molecule has 1 aromatic heterocycles. The van der Waals surface area contributed by atoms with Gasteiger partial charge < -0.3 is 15.0 Å². The van der Waals surface area contributed by atoms with Crippen LogP contribution in [0.25, 0.3) is 10.9 Å². The van der Waals surface area contributed by atoms with Gasteiger partial charge >= 0.3 is 6.03 Å². The summed E-state index contributed by atoms with van der Waals surface area (Å²) in [5.41, 5.74) is 2.25. The van der Waals surface area contributed by atoms with E-state index in [2.05, 4.69) is 10.3 Å². The van der Waals surface area contributed by atoms with Gasteiger partial charge in [0.05, 0.1) is 18.3 Å². The van der Waals surface area contributed by atoms with Gasteiger partial charge in [-0.05, 0) is 36.4 Å². The average Bonchev–Trinajstić information content (AvgIpc) is 3.07. The number of carbonyl (C=O) groups is 2. The lowest BCUT2D eigenvalue weighted by Gasteiger charge is -2.20. The Kier molecular flexibility index (Phi) is 4.80. The van der Waals surface area contributed by atoms with Crippen LogP contribution in [0.1, 0.15) is 0 Å². The lowest BCUT2D eigenvalue weighted by Crippen LogP contribution is -2.37. The number of anilines is 2. The number of amides is 3. The monoisotopic (exact) mass is 376 g/mol. The van der Waals surface area contributed by atoms with Crippen molar-refractivity contribution in [3.05, 3.63) is 60.8 Å². The van der Waals surface area contributed by atoms with Crippen LogP contribution in [0.2, 0.25) is 0 Å². The maximum absolute atomic E-state index is 12.7. The molecule has 142 valence electrons. The van der Waals surface area contributed by atoms with Crippen LogP contribution in [0.15, 0.2) is 60.8 Å². The van der Waals surface area contributed by atoms with Gasteiger partial charge in [0.25, 0.3) is 0 Å². The predicted molar refractivity (Wildman–Crippen MR) is 108 cm³/mol. The number of aromatic nitrogens is 1. The first-order chi connectivity index (χ1) is 13.7. The zero-order chi connectivity index (χ0) is 19.5. The normalized spacial score (nSPS) is 13.8. The van der Waals surface area contributed by atoms with E-state index < -0.39 is 0 Å². The summed E-state index contributed by atoms with van der Waals surface area (Å²) in [4.78, 5) is 32.6. The van der Waals surface area contributed by atoms with Crippen molar-refractivity contribution >= 4 is 34.2 Å². The SMILES string of the molecule is COc1ccccc1N1CCN(CC(=O)Nc2ccc3ncccc3c2)C1=O. The Bertz CT molecular complexity index is 1040. The Morgan fingerprint density at radius 2 is 2.00 bits per heavy atom. The first-order valence-corrected chi connectivity index (χ1v) is 9.00. The van der Waals surface area contributed by atoms with E-state index in [-0.39, 0.29) is 18.5 Å². The Morgan fingerprint density at radius 1 is 1.14 bits per heavy atom. The van der Waals surface area contributed by atoms with Gasteiger partial charge in [0.1, 0.15) is 12.3 Å². The number of hydrogen-bond donors (Lipinski definition) is 1. The van der Waals surface area contributed by atoms with Crippen LogP contribution >= 0.6 is 0 Å². The Balaban J connectivity index is 1.42. The summed E-state index contributed by atoms with van der Waals surface area (Å²) in [5.74, 6) is 0.394. The number of benzene rings is 2. The molecule has 1 N–H and O–H groups in total. The van der Waals surface area contributed by atoms with E-state index in [1.165, 1.54) is 4.90 Å². The highest BCUT2D eigenvalue weighted by Crippen LogP contribution is 2.30. The molecule has 2 heterocycles. The lowest BCUT2D eigenvalue weighted by atomic mass is 10.2. The molecular weight excluding hydrogens is 356 g/mol. The number of pyridine rings is 1. The molecule has 28 heavy (non-hydrogen) atoms. The highest BCUT2D eigenvalue weighted by molar-refractivity contribution is 6.00. The molecule has 2 aromatic carbocycles. The molecule has 0 aliphatic carbocycles. The molecule has 1 fully saturated rings. The van der Waals surface area contributed by atoms with Crippen LogP contribution in [0.4, 0.5) is 16.2 Å². The van der Waals surface area contributed by atoms with Crippen molar-refractivity contribution < 1.29 is 14.3 Å². The summed E-state index contributed by atoms with van der Waals surface area (Å²) in [5, 5.41) is 3.80. The summed E-state index contributed by atoms with van der Waals surface area (Å²) < 4.78 is 5.34. The molecule has 0 saturated carbocycles. The van der Waals surface area contributed by atoms with Crippen molar-refractivity contribution in [2.75, 3.05) is 37.0 Å². The van der Waals surface area contributed by atoms with Gasteiger partial charge in [-0.1, -0.05) is 18.2 Å². The standard InChI is InChI=1S/C21H20N4O3/c1-28-19-7-3-2-6-18(19)25-12-11-24(21(25)27)14-20(26)23-16-8-9-17-15(13-16)5-4-10-22-17/h2-10,13H,11-12,14H2,1H3,(H,23,26). The third kappa shape index (κ3) is 3.46. The fourth-order valence-electron chi connectivity index (χ4n) is 3.33. The van der Waals surface area contributed by atoms with Crippen molar-refractivity contribution in [1.29, 1.82) is 0 Å². The number of methoxy groups -OCH3 is 1. The van der Waals surface area contributed by atoms with Gasteiger partial charge in [0, 0.05) is 30.4 Å². The second-order valence-electron chi connectivity index (χ2n) is 6.49. The van der Waals surface area contributed by atoms with Gasteiger partial charge in [-0.15, -0.1) is 0 Å². The molecule has 3 amide bonds. The zero-order valence-electron chi connectivity index (χ0n) is 15.5. The third-order valence-electron chi connectivity index (χ3n) is 4.69. The summed E-state index contributed by atoms with van der Waals surface area (Å²) in [6.45, 7) is 0.982. The smallest absolute Gasteiger partial charge is 0.325 e. The summed E-state index contributed by atoms with van der Waals surface area (Å²) >= 11 is 0. The van der Waals surface area contributed by atoms with Crippen molar-refractivity contribution in [2.24, 2.45) is 0 Å². The van der Waals surface area contributed by atoms with Gasteiger partial charge in [0.2, 0.25) is 5.91 Å². The number of para-hydroxylation sites is 2. The molecule has 1 aliphatic rings. The largest absolute Gasteiger partial charge is 0.495 e. The number of rotatable bonds is 5. The first kappa shape index (κ1) is 17.8. The Labute approximate surface area is 162 Å². The van der Waals surface area contributed by atoms with Crippen molar-refractivity contribution in [3.63, 3.8) is 0 Å². The van der Waals surface area contributed by atoms with Crippen LogP contribution in [0.3, 0.4) is 0 Å². The molecule has 0 unspecified atom stereocenters. The number of hydrogen-bond acceptors (Lipinski definition) is 4. The molecule has 7 nitrogen and oxygen atoms in total. The minimum atomic E-state index is -0.238. The Hall–Kier alpha value is -3.61. The van der Waals surface area contributed by atoms with E-state index in [0.717, 1.165) is 10.9 Å². The zero-order valence-corrected chi connectivity index (χ0v) is 15.5. The van der Waals surface area contributed by atoms with Crippen LogP contribution in [0, 0.1) is 0 Å². The predicted octanol–water partition coefficient (Wildman–Crippen LogP) is 3.12. The highest BCUT2D eigenvalue weighted by Gasteiger charge is 2.32. The third-order valence-corrected chi connectivity index (χ3v) is 4.69. The van der Waals surface area contributed by atoms with Crippen LogP contribution in [-0.4, -0.2) is 48.6 Å². The molecule has 7 heteroatoms. The molecular formula is C21H20N4O3. The number of urea groups is 1. The molecule has 1 saturated heterocycles. The van der Waals surface area contributed by atoms with E-state index in [1.54, 1.807) is 24.3 Å². The fraction of sp³-hybridized carbons (Fsp3) is 0.190. The van der Waals surface area contributed by atoms with Gasteiger partial charge in [-0.2, -0.15) is 0 Å². The quantitative estimate of drug-likeness (QED) is 0.742. The molecule has 0 radical (unpaired) electrons. The number of fused-ring (bicyclic) bond motifs is 1. The van der Waals surface area contributed by atoms with E-state index in [9.17, 15) is 9.59 Å². The number of carbonyl (C=O) groups excluding carboxylic acids is 2. The lowest BCUT2D eigenvalue weighted by molar-refractivity contribution is -0.116. The van der Waals surface area contributed by atoms with E-state index >= 15 is 0 Å². The minimum Gasteiger partial charge on any atom is -0.495 e. The maximum atomic E-state index is 12.7. The first-order valence-electron chi connectivity index (χ1n) is 9.00. The number of nitrogens with one attached hydrogen (secondary N) is 1. The summed E-state index contributed by atoms with van der Waals surface area (Å²) in [7, 11) is 1.57. The van der Waals surface area contributed by atoms with Crippen molar-refractivity contribution in [1.82, 2.24) is 9.88 Å². The number of nitrogens with zero attached hydrogens (tertiary/aromatic N) is 3. The van der Waals surface area contributed by atoms with Gasteiger partial charge in [0.15, 0.2) is 0 Å².